The highest BCUT2D eigenvalue weighted by Gasteiger charge is 2.40. The average Bonchev–Trinajstić information content (AvgIpc) is 2.62. The third kappa shape index (κ3) is 2.17. The number of likely N-dealkylation sites (tertiary alicyclic amines) is 1. The minimum Gasteiger partial charge on any atom is -0.342 e. The van der Waals surface area contributed by atoms with Crippen molar-refractivity contribution >= 4 is 5.91 Å². The summed E-state index contributed by atoms with van der Waals surface area (Å²) in [6.45, 7) is 8.20. The molecule has 1 amide bonds. The fraction of sp³-hybridized carbons (Fsp3) is 0.917. The van der Waals surface area contributed by atoms with Gasteiger partial charge < -0.3 is 10.2 Å². The Labute approximate surface area is 92.2 Å². The van der Waals surface area contributed by atoms with E-state index in [1.54, 1.807) is 0 Å². The minimum atomic E-state index is 0.150. The number of amides is 1. The number of piperidine rings is 1. The van der Waals surface area contributed by atoms with E-state index in [0.717, 1.165) is 26.2 Å². The van der Waals surface area contributed by atoms with Crippen LogP contribution in [0.2, 0.25) is 0 Å². The lowest BCUT2D eigenvalue weighted by molar-refractivity contribution is -0.133. The number of nitrogens with one attached hydrogen (secondary N) is 1. The van der Waals surface area contributed by atoms with Gasteiger partial charge in [0.1, 0.15) is 0 Å². The first-order valence-electron chi connectivity index (χ1n) is 6.12. The molecule has 0 radical (unpaired) electrons. The average molecular weight is 210 g/mol. The van der Waals surface area contributed by atoms with Gasteiger partial charge in [-0.05, 0) is 25.8 Å². The van der Waals surface area contributed by atoms with Crippen LogP contribution in [-0.2, 0) is 4.79 Å². The highest BCUT2D eigenvalue weighted by atomic mass is 16.2. The highest BCUT2D eigenvalue weighted by molar-refractivity contribution is 5.78. The highest BCUT2D eigenvalue weighted by Crippen LogP contribution is 2.36. The third-order valence-electron chi connectivity index (χ3n) is 3.80. The van der Waals surface area contributed by atoms with Gasteiger partial charge in [-0.25, -0.2) is 0 Å². The van der Waals surface area contributed by atoms with Crippen molar-refractivity contribution in [2.45, 2.75) is 33.1 Å². The standard InChI is InChI=1S/C12H22N2O/c1-10(2)11(15)14-7-5-12(9-14)4-3-6-13-8-12/h10,13H,3-9H2,1-2H3/t12-/m0/s1. The summed E-state index contributed by atoms with van der Waals surface area (Å²) in [5.74, 6) is 0.481. The van der Waals surface area contributed by atoms with Gasteiger partial charge in [-0.15, -0.1) is 0 Å². The van der Waals surface area contributed by atoms with Crippen molar-refractivity contribution in [2.24, 2.45) is 11.3 Å². The van der Waals surface area contributed by atoms with Crippen LogP contribution in [0.25, 0.3) is 0 Å². The summed E-state index contributed by atoms with van der Waals surface area (Å²) in [7, 11) is 0. The van der Waals surface area contributed by atoms with E-state index in [1.807, 2.05) is 13.8 Å². The smallest absolute Gasteiger partial charge is 0.225 e. The Bertz CT molecular complexity index is 244. The van der Waals surface area contributed by atoms with Gasteiger partial charge in [0.05, 0.1) is 0 Å². The second kappa shape index (κ2) is 4.12. The van der Waals surface area contributed by atoms with Gasteiger partial charge in [-0.3, -0.25) is 4.79 Å². The Morgan fingerprint density at radius 1 is 1.40 bits per heavy atom. The SMILES string of the molecule is CC(C)C(=O)N1CC[C@]2(CCCNC2)C1. The van der Waals surface area contributed by atoms with Crippen molar-refractivity contribution in [2.75, 3.05) is 26.2 Å². The Kier molecular flexibility index (Phi) is 3.01. The monoisotopic (exact) mass is 210 g/mol. The van der Waals surface area contributed by atoms with Crippen LogP contribution in [0.3, 0.4) is 0 Å². The molecule has 1 N–H and O–H groups in total. The maximum atomic E-state index is 11.9. The Morgan fingerprint density at radius 2 is 2.20 bits per heavy atom. The van der Waals surface area contributed by atoms with Gasteiger partial charge in [0, 0.05) is 31.0 Å². The lowest BCUT2D eigenvalue weighted by Crippen LogP contribution is -2.43. The van der Waals surface area contributed by atoms with Gasteiger partial charge in [0.15, 0.2) is 0 Å². The van der Waals surface area contributed by atoms with Crippen LogP contribution in [0.5, 0.6) is 0 Å². The molecule has 2 aliphatic heterocycles. The molecular formula is C12H22N2O. The summed E-state index contributed by atoms with van der Waals surface area (Å²) < 4.78 is 0. The maximum absolute atomic E-state index is 11.9. The zero-order chi connectivity index (χ0) is 10.9. The first kappa shape index (κ1) is 10.9. The molecule has 3 heteroatoms. The molecule has 2 saturated heterocycles. The van der Waals surface area contributed by atoms with Crippen LogP contribution in [-0.4, -0.2) is 37.0 Å². The lowest BCUT2D eigenvalue weighted by Gasteiger charge is -2.34. The van der Waals surface area contributed by atoms with E-state index in [9.17, 15) is 4.79 Å². The summed E-state index contributed by atoms with van der Waals surface area (Å²) in [5, 5.41) is 3.47. The van der Waals surface area contributed by atoms with Crippen LogP contribution in [0, 0.1) is 11.3 Å². The first-order valence-corrected chi connectivity index (χ1v) is 6.12. The second-order valence-corrected chi connectivity index (χ2v) is 5.44. The summed E-state index contributed by atoms with van der Waals surface area (Å²) in [6, 6.07) is 0. The molecule has 2 fully saturated rings. The predicted octanol–water partition coefficient (Wildman–Crippen LogP) is 1.24. The number of carbonyl (C=O) groups is 1. The molecule has 86 valence electrons. The second-order valence-electron chi connectivity index (χ2n) is 5.44. The molecule has 0 aromatic rings. The summed E-state index contributed by atoms with van der Waals surface area (Å²) in [6.07, 6.45) is 3.75. The Morgan fingerprint density at radius 3 is 2.80 bits per heavy atom. The molecule has 1 atom stereocenters. The van der Waals surface area contributed by atoms with Crippen molar-refractivity contribution in [3.8, 4) is 0 Å². The van der Waals surface area contributed by atoms with Crippen LogP contribution < -0.4 is 5.32 Å². The van der Waals surface area contributed by atoms with Gasteiger partial charge in [0.25, 0.3) is 0 Å². The summed E-state index contributed by atoms with van der Waals surface area (Å²) >= 11 is 0. The molecule has 1 spiro atoms. The molecule has 0 saturated carbocycles. The maximum Gasteiger partial charge on any atom is 0.225 e. The quantitative estimate of drug-likeness (QED) is 0.706. The van der Waals surface area contributed by atoms with Crippen molar-refractivity contribution < 1.29 is 4.79 Å². The fourth-order valence-corrected chi connectivity index (χ4v) is 2.87. The molecule has 0 aliphatic carbocycles. The number of hydrogen-bond acceptors (Lipinski definition) is 2. The normalized spacial score (nSPS) is 31.5. The van der Waals surface area contributed by atoms with Crippen molar-refractivity contribution in [3.63, 3.8) is 0 Å². The fourth-order valence-electron chi connectivity index (χ4n) is 2.87. The van der Waals surface area contributed by atoms with E-state index in [2.05, 4.69) is 10.2 Å². The van der Waals surface area contributed by atoms with E-state index >= 15 is 0 Å². The zero-order valence-corrected chi connectivity index (χ0v) is 9.88. The van der Waals surface area contributed by atoms with Crippen molar-refractivity contribution in [1.82, 2.24) is 10.2 Å². The molecule has 3 nitrogen and oxygen atoms in total. The molecular weight excluding hydrogens is 188 g/mol. The molecule has 0 unspecified atom stereocenters. The molecule has 0 aromatic carbocycles. The molecule has 2 aliphatic rings. The third-order valence-corrected chi connectivity index (χ3v) is 3.80. The predicted molar refractivity (Wildman–Crippen MR) is 60.6 cm³/mol. The first-order chi connectivity index (χ1) is 7.13. The molecule has 0 aromatic heterocycles. The minimum absolute atomic E-state index is 0.150. The summed E-state index contributed by atoms with van der Waals surface area (Å²) in [5.41, 5.74) is 0.406. The van der Waals surface area contributed by atoms with Crippen LogP contribution >= 0.6 is 0 Å². The van der Waals surface area contributed by atoms with E-state index in [0.29, 0.717) is 11.3 Å². The van der Waals surface area contributed by atoms with E-state index in [4.69, 9.17) is 0 Å². The summed E-state index contributed by atoms with van der Waals surface area (Å²) in [4.78, 5) is 13.9. The van der Waals surface area contributed by atoms with Gasteiger partial charge >= 0.3 is 0 Å². The molecule has 2 heterocycles. The van der Waals surface area contributed by atoms with Crippen molar-refractivity contribution in [1.29, 1.82) is 0 Å². The number of rotatable bonds is 1. The molecule has 0 bridgehead atoms. The van der Waals surface area contributed by atoms with E-state index < -0.39 is 0 Å². The van der Waals surface area contributed by atoms with Gasteiger partial charge in [-0.2, -0.15) is 0 Å². The largest absolute Gasteiger partial charge is 0.342 e. The van der Waals surface area contributed by atoms with Gasteiger partial charge in [-0.1, -0.05) is 13.8 Å². The van der Waals surface area contributed by atoms with Crippen LogP contribution in [0.15, 0.2) is 0 Å². The van der Waals surface area contributed by atoms with Crippen molar-refractivity contribution in [3.05, 3.63) is 0 Å². The van der Waals surface area contributed by atoms with Gasteiger partial charge in [0.2, 0.25) is 5.91 Å². The zero-order valence-electron chi connectivity index (χ0n) is 9.88. The van der Waals surface area contributed by atoms with E-state index in [1.165, 1.54) is 19.3 Å². The molecule has 15 heavy (non-hydrogen) atoms. The Balaban J connectivity index is 1.96. The number of nitrogens with zero attached hydrogens (tertiary/aromatic N) is 1. The lowest BCUT2D eigenvalue weighted by atomic mass is 9.80. The molecule has 2 rings (SSSR count). The van der Waals surface area contributed by atoms with Crippen LogP contribution in [0.1, 0.15) is 33.1 Å². The van der Waals surface area contributed by atoms with E-state index in [-0.39, 0.29) is 5.92 Å². The number of carbonyl (C=O) groups excluding carboxylic acids is 1. The van der Waals surface area contributed by atoms with Crippen LogP contribution in [0.4, 0.5) is 0 Å². The topological polar surface area (TPSA) is 32.3 Å². The Hall–Kier alpha value is -0.570. The number of hydrogen-bond donors (Lipinski definition) is 1.